The van der Waals surface area contributed by atoms with Crippen molar-refractivity contribution in [2.24, 2.45) is 5.92 Å². The first kappa shape index (κ1) is 22.5. The molecule has 0 bridgehead atoms. The van der Waals surface area contributed by atoms with Crippen LogP contribution in [-0.2, 0) is 4.74 Å². The quantitative estimate of drug-likeness (QED) is 0.312. The van der Waals surface area contributed by atoms with Crippen LogP contribution < -0.4 is 10.2 Å². The van der Waals surface area contributed by atoms with E-state index in [1.165, 1.54) is 24.5 Å². The van der Waals surface area contributed by atoms with Gasteiger partial charge in [-0.05, 0) is 37.0 Å². The normalized spacial score (nSPS) is 15.8. The average molecular weight is 470 g/mol. The van der Waals surface area contributed by atoms with E-state index >= 15 is 0 Å². The minimum Gasteiger partial charge on any atom is -0.464 e. The summed E-state index contributed by atoms with van der Waals surface area (Å²) in [6.07, 6.45) is 3.71. The lowest BCUT2D eigenvalue weighted by Crippen LogP contribution is -2.34. The third-order valence-corrected chi connectivity index (χ3v) is 6.30. The summed E-state index contributed by atoms with van der Waals surface area (Å²) >= 11 is 1.21. The van der Waals surface area contributed by atoms with Crippen LogP contribution in [0.4, 0.5) is 16.5 Å². The Morgan fingerprint density at radius 1 is 1.36 bits per heavy atom. The van der Waals surface area contributed by atoms with Gasteiger partial charge in [-0.15, -0.1) is 11.3 Å². The zero-order chi connectivity index (χ0) is 23.5. The number of methoxy groups -OCH3 is 1. The standard InChI is InChI=1S/C22H23N5O5S/c1-13-4-3-7-26(11-13)18-6-5-14(9-19(18)27(30)31)20(28)25-22-24-17(12-33-22)15-8-16(23-10-15)21(29)32-2/h5-6,8-10,12-13,23H,3-4,7,11H2,1-2H3,(H,24,25,28)/t13-/m1/s1. The SMILES string of the molecule is COC(=O)c1cc(-c2csc(NC(=O)c3ccc(N4CCC[C@@H](C)C4)c([N+](=O)[O-])c3)n2)c[nH]1. The van der Waals surface area contributed by atoms with Crippen LogP contribution in [0.25, 0.3) is 11.3 Å². The Labute approximate surface area is 193 Å². The second-order valence-electron chi connectivity index (χ2n) is 7.94. The van der Waals surface area contributed by atoms with E-state index in [-0.39, 0.29) is 11.3 Å². The van der Waals surface area contributed by atoms with E-state index in [9.17, 15) is 19.7 Å². The summed E-state index contributed by atoms with van der Waals surface area (Å²) in [7, 11) is 1.29. The van der Waals surface area contributed by atoms with Crippen LogP contribution in [0.5, 0.6) is 0 Å². The summed E-state index contributed by atoms with van der Waals surface area (Å²) in [6, 6.07) is 6.16. The number of benzene rings is 1. The van der Waals surface area contributed by atoms with Crippen molar-refractivity contribution in [1.29, 1.82) is 0 Å². The smallest absolute Gasteiger partial charge is 0.354 e. The number of rotatable bonds is 6. The molecule has 0 saturated carbocycles. The number of hydrogen-bond donors (Lipinski definition) is 2. The van der Waals surface area contributed by atoms with E-state index in [0.717, 1.165) is 25.9 Å². The molecule has 4 rings (SSSR count). The van der Waals surface area contributed by atoms with Crippen LogP contribution in [-0.4, -0.2) is 47.0 Å². The van der Waals surface area contributed by atoms with Crippen LogP contribution in [0.1, 0.15) is 40.6 Å². The Kier molecular flexibility index (Phi) is 6.40. The van der Waals surface area contributed by atoms with Crippen LogP contribution >= 0.6 is 11.3 Å². The van der Waals surface area contributed by atoms with Crippen molar-refractivity contribution in [3.63, 3.8) is 0 Å². The Morgan fingerprint density at radius 2 is 2.18 bits per heavy atom. The predicted octanol–water partition coefficient (Wildman–Crippen LogP) is 4.32. The highest BCUT2D eigenvalue weighted by atomic mass is 32.1. The van der Waals surface area contributed by atoms with Gasteiger partial charge in [-0.25, -0.2) is 9.78 Å². The van der Waals surface area contributed by atoms with Gasteiger partial charge in [0.15, 0.2) is 5.13 Å². The van der Waals surface area contributed by atoms with Gasteiger partial charge in [0.05, 0.1) is 17.7 Å². The minimum absolute atomic E-state index is 0.0840. The van der Waals surface area contributed by atoms with Crippen LogP contribution in [0.2, 0.25) is 0 Å². The number of thiazole rings is 1. The van der Waals surface area contributed by atoms with Gasteiger partial charge in [0.25, 0.3) is 11.6 Å². The van der Waals surface area contributed by atoms with E-state index in [1.54, 1.807) is 29.8 Å². The number of anilines is 2. The third kappa shape index (κ3) is 4.87. The molecule has 1 aliphatic rings. The summed E-state index contributed by atoms with van der Waals surface area (Å²) in [5, 5.41) is 16.5. The van der Waals surface area contributed by atoms with Gasteiger partial charge in [-0.2, -0.15) is 0 Å². The Bertz CT molecular complexity index is 1200. The molecule has 0 spiro atoms. The highest BCUT2D eigenvalue weighted by molar-refractivity contribution is 7.14. The van der Waals surface area contributed by atoms with Gasteiger partial charge in [-0.3, -0.25) is 20.2 Å². The average Bonchev–Trinajstić information content (AvgIpc) is 3.48. The van der Waals surface area contributed by atoms with Crippen molar-refractivity contribution in [2.45, 2.75) is 19.8 Å². The van der Waals surface area contributed by atoms with Crippen LogP contribution in [0, 0.1) is 16.0 Å². The molecule has 33 heavy (non-hydrogen) atoms. The molecule has 0 unspecified atom stereocenters. The first-order chi connectivity index (χ1) is 15.9. The summed E-state index contributed by atoms with van der Waals surface area (Å²) in [6.45, 7) is 3.65. The maximum absolute atomic E-state index is 12.8. The molecule has 3 aromatic rings. The molecule has 11 heteroatoms. The number of carbonyl (C=O) groups is 2. The molecule has 3 heterocycles. The van der Waals surface area contributed by atoms with E-state index in [2.05, 4.69) is 26.9 Å². The van der Waals surface area contributed by atoms with E-state index < -0.39 is 16.8 Å². The number of nitro groups is 1. The molecule has 172 valence electrons. The molecular formula is C22H23N5O5S. The molecule has 1 fully saturated rings. The maximum Gasteiger partial charge on any atom is 0.354 e. The fourth-order valence-electron chi connectivity index (χ4n) is 3.89. The first-order valence-corrected chi connectivity index (χ1v) is 11.3. The highest BCUT2D eigenvalue weighted by Gasteiger charge is 2.25. The van der Waals surface area contributed by atoms with E-state index in [4.69, 9.17) is 0 Å². The van der Waals surface area contributed by atoms with Gasteiger partial charge in [0, 0.05) is 41.9 Å². The van der Waals surface area contributed by atoms with Gasteiger partial charge in [-0.1, -0.05) is 6.92 Å². The fourth-order valence-corrected chi connectivity index (χ4v) is 4.60. The summed E-state index contributed by atoms with van der Waals surface area (Å²) in [5.74, 6) is -0.514. The fraction of sp³-hybridized carbons (Fsp3) is 0.318. The lowest BCUT2D eigenvalue weighted by atomic mass is 9.99. The number of aromatic amines is 1. The third-order valence-electron chi connectivity index (χ3n) is 5.54. The van der Waals surface area contributed by atoms with Gasteiger partial charge >= 0.3 is 5.97 Å². The molecule has 1 amide bonds. The predicted molar refractivity (Wildman–Crippen MR) is 125 cm³/mol. The van der Waals surface area contributed by atoms with Crippen LogP contribution in [0.3, 0.4) is 0 Å². The molecule has 0 radical (unpaired) electrons. The van der Waals surface area contributed by atoms with Crippen molar-refractivity contribution in [1.82, 2.24) is 9.97 Å². The van der Waals surface area contributed by atoms with Crippen molar-refractivity contribution in [3.8, 4) is 11.3 Å². The molecule has 1 saturated heterocycles. The molecule has 1 aromatic carbocycles. The molecule has 1 aliphatic heterocycles. The van der Waals surface area contributed by atoms with Crippen molar-refractivity contribution < 1.29 is 19.2 Å². The number of aromatic nitrogens is 2. The number of piperidine rings is 1. The largest absolute Gasteiger partial charge is 0.464 e. The summed E-state index contributed by atoms with van der Waals surface area (Å²) in [5.41, 5.74) is 2.17. The van der Waals surface area contributed by atoms with Gasteiger partial charge in [0.1, 0.15) is 11.4 Å². The molecule has 2 N–H and O–H groups in total. The summed E-state index contributed by atoms with van der Waals surface area (Å²) in [4.78, 5) is 44.8. The van der Waals surface area contributed by atoms with Crippen LogP contribution in [0.15, 0.2) is 35.8 Å². The number of ether oxygens (including phenoxy) is 1. The van der Waals surface area contributed by atoms with E-state index in [1.807, 2.05) is 4.90 Å². The highest BCUT2D eigenvalue weighted by Crippen LogP contribution is 2.33. The molecule has 2 aromatic heterocycles. The topological polar surface area (TPSA) is 130 Å². The number of amides is 1. The number of nitrogens with one attached hydrogen (secondary N) is 2. The Morgan fingerprint density at radius 3 is 2.91 bits per heavy atom. The monoisotopic (exact) mass is 469 g/mol. The van der Waals surface area contributed by atoms with E-state index in [0.29, 0.717) is 33.7 Å². The lowest BCUT2D eigenvalue weighted by Gasteiger charge is -2.32. The number of carbonyl (C=O) groups excluding carboxylic acids is 2. The molecule has 1 atom stereocenters. The van der Waals surface area contributed by atoms with Gasteiger partial charge in [0.2, 0.25) is 0 Å². The van der Waals surface area contributed by atoms with Crippen molar-refractivity contribution in [3.05, 3.63) is 57.2 Å². The Hall–Kier alpha value is -3.73. The zero-order valence-electron chi connectivity index (χ0n) is 18.2. The second kappa shape index (κ2) is 9.41. The molecular weight excluding hydrogens is 446 g/mol. The lowest BCUT2D eigenvalue weighted by molar-refractivity contribution is -0.384. The molecule has 10 nitrogen and oxygen atoms in total. The second-order valence-corrected chi connectivity index (χ2v) is 8.80. The zero-order valence-corrected chi connectivity index (χ0v) is 19.0. The first-order valence-electron chi connectivity index (χ1n) is 10.4. The van der Waals surface area contributed by atoms with Gasteiger partial charge < -0.3 is 14.6 Å². The maximum atomic E-state index is 12.8. The minimum atomic E-state index is -0.492. The van der Waals surface area contributed by atoms with Crippen molar-refractivity contribution in [2.75, 3.05) is 30.4 Å². The number of nitrogens with zero attached hydrogens (tertiary/aromatic N) is 3. The molecule has 0 aliphatic carbocycles. The summed E-state index contributed by atoms with van der Waals surface area (Å²) < 4.78 is 4.68. The number of nitro benzene ring substituents is 1. The van der Waals surface area contributed by atoms with Crippen molar-refractivity contribution >= 4 is 39.7 Å². The number of hydrogen-bond acceptors (Lipinski definition) is 8. The number of esters is 1. The number of H-pyrrole nitrogens is 1. The Balaban J connectivity index is 1.51.